The molecule has 1 aromatic rings. The van der Waals surface area contributed by atoms with Gasteiger partial charge in [-0.3, -0.25) is 0 Å². The van der Waals surface area contributed by atoms with Crippen molar-refractivity contribution in [1.82, 2.24) is 9.36 Å². The molecule has 1 heterocycles. The summed E-state index contributed by atoms with van der Waals surface area (Å²) in [5, 5.41) is 0.631. The highest BCUT2D eigenvalue weighted by Gasteiger charge is 1.89. The minimum Gasteiger partial charge on any atom is -0.217 e. The minimum absolute atomic E-state index is 0.631. The highest BCUT2D eigenvalue weighted by molar-refractivity contribution is 8.21. The van der Waals surface area contributed by atoms with Gasteiger partial charge in [-0.25, -0.2) is 4.98 Å². The van der Waals surface area contributed by atoms with Crippen LogP contribution >= 0.6 is 33.2 Å². The van der Waals surface area contributed by atoms with E-state index in [0.29, 0.717) is 5.16 Å². The molecule has 38 valence electrons. The van der Waals surface area contributed by atoms with Crippen LogP contribution in [-0.2, 0) is 0 Å². The number of halogens is 1. The molecule has 0 aliphatic heterocycles. The molecule has 0 aliphatic rings. The summed E-state index contributed by atoms with van der Waals surface area (Å²) in [5.74, 6) is 0. The number of nitrogens with zero attached hydrogens (tertiary/aromatic N) is 2. The molecule has 2 nitrogen and oxygen atoms in total. The SMILES string of the molecule is ClSc1ncsn1. The van der Waals surface area contributed by atoms with E-state index in [1.807, 2.05) is 0 Å². The summed E-state index contributed by atoms with van der Waals surface area (Å²) < 4.78 is 3.80. The Morgan fingerprint density at radius 1 is 1.86 bits per heavy atom. The van der Waals surface area contributed by atoms with Gasteiger partial charge in [-0.05, 0) is 22.2 Å². The Balaban J connectivity index is 2.76. The highest BCUT2D eigenvalue weighted by atomic mass is 35.7. The first kappa shape index (κ1) is 5.34. The second kappa shape index (κ2) is 2.49. The molecule has 0 unspecified atom stereocenters. The molecule has 0 spiro atoms. The van der Waals surface area contributed by atoms with Crippen LogP contribution in [0.2, 0.25) is 0 Å². The average Bonchev–Trinajstić information content (AvgIpc) is 2.14. The normalized spacial score (nSPS) is 9.29. The molecule has 0 fully saturated rings. The molecule has 5 heteroatoms. The van der Waals surface area contributed by atoms with Gasteiger partial charge in [0.2, 0.25) is 5.16 Å². The molecule has 0 N–H and O–H groups in total. The van der Waals surface area contributed by atoms with Crippen molar-refractivity contribution >= 4 is 33.2 Å². The van der Waals surface area contributed by atoms with E-state index in [4.69, 9.17) is 10.7 Å². The minimum atomic E-state index is 0.631. The summed E-state index contributed by atoms with van der Waals surface area (Å²) in [6.45, 7) is 0. The summed E-state index contributed by atoms with van der Waals surface area (Å²) in [6, 6.07) is 0. The molecular formula is C2HClN2S2. The average molecular weight is 153 g/mol. The van der Waals surface area contributed by atoms with E-state index in [0.717, 1.165) is 11.0 Å². The number of hydrogen-bond acceptors (Lipinski definition) is 4. The van der Waals surface area contributed by atoms with Crippen molar-refractivity contribution in [2.45, 2.75) is 5.16 Å². The number of aromatic nitrogens is 2. The van der Waals surface area contributed by atoms with E-state index in [2.05, 4.69) is 9.36 Å². The summed E-state index contributed by atoms with van der Waals surface area (Å²) in [5.41, 5.74) is 1.64. The molecular weight excluding hydrogens is 152 g/mol. The summed E-state index contributed by atoms with van der Waals surface area (Å²) in [6.07, 6.45) is 0. The highest BCUT2D eigenvalue weighted by Crippen LogP contribution is 2.16. The van der Waals surface area contributed by atoms with E-state index in [-0.39, 0.29) is 0 Å². The Hall–Kier alpha value is 0.200. The first-order chi connectivity index (χ1) is 3.43. The fourth-order valence-electron chi connectivity index (χ4n) is 0.195. The molecule has 0 bridgehead atoms. The van der Waals surface area contributed by atoms with Crippen LogP contribution in [0.4, 0.5) is 0 Å². The maximum absolute atomic E-state index is 5.27. The molecule has 0 atom stereocenters. The van der Waals surface area contributed by atoms with Gasteiger partial charge in [0.15, 0.2) is 0 Å². The Bertz CT molecular complexity index is 128. The van der Waals surface area contributed by atoms with E-state index in [1.54, 1.807) is 5.51 Å². The van der Waals surface area contributed by atoms with Crippen molar-refractivity contribution in [3.8, 4) is 0 Å². The standard InChI is InChI=1S/C2HClN2S2/c3-7-2-4-1-6-5-2/h1H. The van der Waals surface area contributed by atoms with E-state index < -0.39 is 0 Å². The molecule has 0 saturated heterocycles. The zero-order valence-electron chi connectivity index (χ0n) is 3.17. The van der Waals surface area contributed by atoms with Crippen molar-refractivity contribution < 1.29 is 0 Å². The van der Waals surface area contributed by atoms with Gasteiger partial charge < -0.3 is 0 Å². The summed E-state index contributed by atoms with van der Waals surface area (Å²) >= 11 is 1.30. The number of rotatable bonds is 1. The van der Waals surface area contributed by atoms with Crippen molar-refractivity contribution in [3.05, 3.63) is 5.51 Å². The fourth-order valence-corrected chi connectivity index (χ4v) is 1.30. The molecule has 0 aromatic carbocycles. The maximum Gasteiger partial charge on any atom is 0.215 e. The lowest BCUT2D eigenvalue weighted by atomic mass is 11.3. The lowest BCUT2D eigenvalue weighted by Gasteiger charge is -1.71. The Morgan fingerprint density at radius 2 is 2.71 bits per heavy atom. The van der Waals surface area contributed by atoms with Crippen LogP contribution in [0.5, 0.6) is 0 Å². The van der Waals surface area contributed by atoms with Crippen molar-refractivity contribution in [1.29, 1.82) is 0 Å². The van der Waals surface area contributed by atoms with Gasteiger partial charge in [-0.2, -0.15) is 4.37 Å². The topological polar surface area (TPSA) is 25.8 Å². The third kappa shape index (κ3) is 1.29. The van der Waals surface area contributed by atoms with E-state index in [9.17, 15) is 0 Å². The lowest BCUT2D eigenvalue weighted by molar-refractivity contribution is 1.09. The van der Waals surface area contributed by atoms with Gasteiger partial charge in [0, 0.05) is 11.0 Å². The lowest BCUT2D eigenvalue weighted by Crippen LogP contribution is -1.62. The second-order valence-corrected chi connectivity index (χ2v) is 2.38. The van der Waals surface area contributed by atoms with Gasteiger partial charge in [0.25, 0.3) is 0 Å². The van der Waals surface area contributed by atoms with E-state index >= 15 is 0 Å². The van der Waals surface area contributed by atoms with Gasteiger partial charge in [0.05, 0.1) is 0 Å². The van der Waals surface area contributed by atoms with Crippen LogP contribution in [0, 0.1) is 0 Å². The second-order valence-electron chi connectivity index (χ2n) is 0.791. The van der Waals surface area contributed by atoms with Crippen LogP contribution in [0.1, 0.15) is 0 Å². The molecule has 0 radical (unpaired) electrons. The van der Waals surface area contributed by atoms with E-state index in [1.165, 1.54) is 11.5 Å². The largest absolute Gasteiger partial charge is 0.217 e. The van der Waals surface area contributed by atoms with Gasteiger partial charge >= 0.3 is 0 Å². The quantitative estimate of drug-likeness (QED) is 0.614. The van der Waals surface area contributed by atoms with Crippen LogP contribution in [0.15, 0.2) is 10.7 Å². The Kier molecular flexibility index (Phi) is 1.90. The summed E-state index contributed by atoms with van der Waals surface area (Å²) in [4.78, 5) is 3.77. The van der Waals surface area contributed by atoms with Gasteiger partial charge in [0.1, 0.15) is 5.51 Å². The monoisotopic (exact) mass is 152 g/mol. The first-order valence-electron chi connectivity index (χ1n) is 1.48. The van der Waals surface area contributed by atoms with Crippen molar-refractivity contribution in [2.24, 2.45) is 0 Å². The molecule has 0 amide bonds. The molecule has 0 saturated carbocycles. The molecule has 0 aliphatic carbocycles. The predicted molar refractivity (Wildman–Crippen MR) is 31.6 cm³/mol. The van der Waals surface area contributed by atoms with Crippen LogP contribution < -0.4 is 0 Å². The number of hydrogen-bond donors (Lipinski definition) is 0. The zero-order chi connectivity index (χ0) is 5.11. The van der Waals surface area contributed by atoms with Crippen LogP contribution in [-0.4, -0.2) is 9.36 Å². The third-order valence-electron chi connectivity index (χ3n) is 0.410. The molecule has 1 aromatic heterocycles. The Morgan fingerprint density at radius 3 is 3.00 bits per heavy atom. The fraction of sp³-hybridized carbons (Fsp3) is 0. The zero-order valence-corrected chi connectivity index (χ0v) is 5.56. The molecule has 7 heavy (non-hydrogen) atoms. The first-order valence-corrected chi connectivity index (χ1v) is 3.96. The smallest absolute Gasteiger partial charge is 0.215 e. The maximum atomic E-state index is 5.27. The van der Waals surface area contributed by atoms with Crippen molar-refractivity contribution in [2.75, 3.05) is 0 Å². The van der Waals surface area contributed by atoms with Gasteiger partial charge in [-0.1, -0.05) is 0 Å². The van der Waals surface area contributed by atoms with Crippen LogP contribution in [0.25, 0.3) is 0 Å². The van der Waals surface area contributed by atoms with Crippen LogP contribution in [0.3, 0.4) is 0 Å². The molecule has 1 rings (SSSR count). The van der Waals surface area contributed by atoms with Gasteiger partial charge in [-0.15, -0.1) is 0 Å². The third-order valence-corrected chi connectivity index (χ3v) is 1.75. The summed E-state index contributed by atoms with van der Waals surface area (Å²) in [7, 11) is 6.30. The Labute approximate surface area is 53.6 Å². The predicted octanol–water partition coefficient (Wildman–Crippen LogP) is 1.78. The van der Waals surface area contributed by atoms with Crippen molar-refractivity contribution in [3.63, 3.8) is 0 Å².